The number of nitrogens with two attached hydrogens (primary N) is 2. The minimum absolute atomic E-state index is 0.0579. The molecule has 33 heavy (non-hydrogen) atoms. The monoisotopic (exact) mass is 468 g/mol. The lowest BCUT2D eigenvalue weighted by atomic mass is 9.92. The van der Waals surface area contributed by atoms with Gasteiger partial charge in [0.25, 0.3) is 0 Å². The van der Waals surface area contributed by atoms with E-state index in [0.29, 0.717) is 19.5 Å². The Hall–Kier alpha value is -3.20. The highest BCUT2D eigenvalue weighted by atomic mass is 32.1. The highest BCUT2D eigenvalue weighted by Crippen LogP contribution is 2.27. The highest BCUT2D eigenvalue weighted by molar-refractivity contribution is 7.13. The standard InChI is InChI=1S/C24H32N6O2S/c1-15(2)20(22(26)27-11-10-25)24(32)30-12-4-5-19(30)23(31)28-13-17-6-8-18(9-7-17)21-16(3)29-14-33-21/h6-11,14-15,19-20H,4-5,12-13,25H2,1-3H3,(H2,26,27)(H,28,31)/b11-10-. The van der Waals surface area contributed by atoms with Gasteiger partial charge in [-0.15, -0.1) is 11.3 Å². The number of amidine groups is 1. The van der Waals surface area contributed by atoms with Gasteiger partial charge in [-0.25, -0.2) is 9.98 Å². The molecule has 1 saturated heterocycles. The fourth-order valence-electron chi connectivity index (χ4n) is 4.10. The SMILES string of the molecule is Cc1ncsc1-c1ccc(CNC(=O)C2CCCN2C(=O)C(C(N)=N/C=C\N)C(C)C)cc1. The van der Waals surface area contributed by atoms with Crippen LogP contribution in [0.25, 0.3) is 10.4 Å². The first-order chi connectivity index (χ1) is 15.8. The van der Waals surface area contributed by atoms with E-state index in [0.717, 1.165) is 28.1 Å². The summed E-state index contributed by atoms with van der Waals surface area (Å²) in [6.45, 7) is 6.76. The second-order valence-corrected chi connectivity index (χ2v) is 9.34. The molecule has 1 aliphatic rings. The lowest BCUT2D eigenvalue weighted by molar-refractivity contribution is -0.140. The van der Waals surface area contributed by atoms with Crippen molar-refractivity contribution in [2.24, 2.45) is 28.3 Å². The molecular formula is C24H32N6O2S. The van der Waals surface area contributed by atoms with Crippen LogP contribution in [0.5, 0.6) is 0 Å². The van der Waals surface area contributed by atoms with Crippen LogP contribution < -0.4 is 16.8 Å². The fraction of sp³-hybridized carbons (Fsp3) is 0.417. The molecule has 176 valence electrons. The second kappa shape index (κ2) is 11.1. The molecule has 1 aromatic heterocycles. The first kappa shape index (κ1) is 24.4. The average molecular weight is 469 g/mol. The number of likely N-dealkylation sites (tertiary alicyclic amines) is 1. The van der Waals surface area contributed by atoms with Crippen LogP contribution in [0.3, 0.4) is 0 Å². The Morgan fingerprint density at radius 1 is 1.33 bits per heavy atom. The van der Waals surface area contributed by atoms with Gasteiger partial charge in [0.1, 0.15) is 11.9 Å². The van der Waals surface area contributed by atoms with E-state index < -0.39 is 12.0 Å². The molecule has 0 spiro atoms. The molecule has 0 bridgehead atoms. The number of carbonyl (C=O) groups excluding carboxylic acids is 2. The number of hydrogen-bond acceptors (Lipinski definition) is 6. The third-order valence-electron chi connectivity index (χ3n) is 5.83. The van der Waals surface area contributed by atoms with Crippen LogP contribution >= 0.6 is 11.3 Å². The van der Waals surface area contributed by atoms with Crippen molar-refractivity contribution in [1.29, 1.82) is 0 Å². The molecule has 2 atom stereocenters. The molecule has 1 aliphatic heterocycles. The number of thiazole rings is 1. The maximum Gasteiger partial charge on any atom is 0.243 e. The molecule has 0 radical (unpaired) electrons. The van der Waals surface area contributed by atoms with Gasteiger partial charge in [-0.1, -0.05) is 38.1 Å². The van der Waals surface area contributed by atoms with E-state index in [1.54, 1.807) is 16.2 Å². The number of nitrogens with one attached hydrogen (secondary N) is 1. The molecule has 8 nitrogen and oxygen atoms in total. The molecule has 2 amide bonds. The molecule has 0 saturated carbocycles. The van der Waals surface area contributed by atoms with Crippen LogP contribution in [0.2, 0.25) is 0 Å². The number of aliphatic imine (C=N–C) groups is 1. The number of hydrogen-bond donors (Lipinski definition) is 3. The Labute approximate surface area is 198 Å². The zero-order valence-electron chi connectivity index (χ0n) is 19.3. The number of nitrogens with zero attached hydrogens (tertiary/aromatic N) is 3. The topological polar surface area (TPSA) is 127 Å². The van der Waals surface area contributed by atoms with E-state index in [9.17, 15) is 9.59 Å². The number of benzene rings is 1. The molecule has 1 fully saturated rings. The van der Waals surface area contributed by atoms with E-state index in [2.05, 4.69) is 15.3 Å². The number of aromatic nitrogens is 1. The summed E-state index contributed by atoms with van der Waals surface area (Å²) in [6.07, 6.45) is 4.04. The lowest BCUT2D eigenvalue weighted by Gasteiger charge is -2.29. The van der Waals surface area contributed by atoms with Crippen molar-refractivity contribution in [3.8, 4) is 10.4 Å². The predicted molar refractivity (Wildman–Crippen MR) is 132 cm³/mol. The summed E-state index contributed by atoms with van der Waals surface area (Å²) in [6, 6.07) is 7.58. The molecule has 5 N–H and O–H groups in total. The maximum absolute atomic E-state index is 13.3. The highest BCUT2D eigenvalue weighted by Gasteiger charge is 2.39. The smallest absolute Gasteiger partial charge is 0.243 e. The van der Waals surface area contributed by atoms with Crippen molar-refractivity contribution in [2.45, 2.75) is 46.2 Å². The zero-order chi connectivity index (χ0) is 24.0. The van der Waals surface area contributed by atoms with Crippen molar-refractivity contribution < 1.29 is 9.59 Å². The second-order valence-electron chi connectivity index (χ2n) is 8.49. The summed E-state index contributed by atoms with van der Waals surface area (Å²) in [5, 5.41) is 2.99. The van der Waals surface area contributed by atoms with Crippen LogP contribution in [0.4, 0.5) is 0 Å². The zero-order valence-corrected chi connectivity index (χ0v) is 20.1. The Bertz CT molecular complexity index is 1030. The molecule has 2 heterocycles. The Kier molecular flexibility index (Phi) is 8.21. The Balaban J connectivity index is 1.64. The van der Waals surface area contributed by atoms with Gasteiger partial charge in [0, 0.05) is 25.5 Å². The van der Waals surface area contributed by atoms with E-state index >= 15 is 0 Å². The summed E-state index contributed by atoms with van der Waals surface area (Å²) < 4.78 is 0. The van der Waals surface area contributed by atoms with Crippen LogP contribution in [0, 0.1) is 18.8 Å². The Morgan fingerprint density at radius 3 is 2.67 bits per heavy atom. The Morgan fingerprint density at radius 2 is 2.06 bits per heavy atom. The first-order valence-corrected chi connectivity index (χ1v) is 12.0. The molecule has 3 rings (SSSR count). The number of rotatable bonds is 8. The van der Waals surface area contributed by atoms with Crippen LogP contribution in [-0.2, 0) is 16.1 Å². The maximum atomic E-state index is 13.3. The molecule has 1 aromatic carbocycles. The molecule has 2 aromatic rings. The fourth-order valence-corrected chi connectivity index (χ4v) is 4.92. The largest absolute Gasteiger partial charge is 0.403 e. The number of aryl methyl sites for hydroxylation is 1. The van der Waals surface area contributed by atoms with Gasteiger partial charge in [0.15, 0.2) is 0 Å². The summed E-state index contributed by atoms with van der Waals surface area (Å²) in [7, 11) is 0. The molecule has 2 unspecified atom stereocenters. The van der Waals surface area contributed by atoms with Gasteiger partial charge < -0.3 is 21.7 Å². The van der Waals surface area contributed by atoms with Gasteiger partial charge in [0.2, 0.25) is 11.8 Å². The van der Waals surface area contributed by atoms with Crippen LogP contribution in [0.15, 0.2) is 47.2 Å². The third-order valence-corrected chi connectivity index (χ3v) is 6.81. The van der Waals surface area contributed by atoms with Crippen molar-refractivity contribution in [1.82, 2.24) is 15.2 Å². The van der Waals surface area contributed by atoms with Crippen molar-refractivity contribution in [3.63, 3.8) is 0 Å². The van der Waals surface area contributed by atoms with E-state index in [4.69, 9.17) is 11.5 Å². The third kappa shape index (κ3) is 5.78. The molecule has 0 aliphatic carbocycles. The quantitative estimate of drug-likeness (QED) is 0.406. The minimum Gasteiger partial charge on any atom is -0.403 e. The molecular weight excluding hydrogens is 436 g/mol. The number of carbonyl (C=O) groups is 2. The van der Waals surface area contributed by atoms with E-state index in [1.807, 2.05) is 50.5 Å². The normalized spacial score (nSPS) is 17.6. The lowest BCUT2D eigenvalue weighted by Crippen LogP contribution is -2.50. The van der Waals surface area contributed by atoms with Crippen LogP contribution in [0.1, 0.15) is 37.9 Å². The predicted octanol–water partition coefficient (Wildman–Crippen LogP) is 2.79. The van der Waals surface area contributed by atoms with Gasteiger partial charge in [0.05, 0.1) is 22.0 Å². The van der Waals surface area contributed by atoms with Crippen LogP contribution in [-0.4, -0.2) is 40.1 Å². The van der Waals surface area contributed by atoms with Gasteiger partial charge in [-0.05, 0) is 36.8 Å². The van der Waals surface area contributed by atoms with E-state index in [1.165, 1.54) is 12.4 Å². The minimum atomic E-state index is -0.600. The summed E-state index contributed by atoms with van der Waals surface area (Å²) in [5.41, 5.74) is 16.4. The van der Waals surface area contributed by atoms with E-state index in [-0.39, 0.29) is 23.6 Å². The van der Waals surface area contributed by atoms with Crippen molar-refractivity contribution >= 4 is 29.0 Å². The van der Waals surface area contributed by atoms with Gasteiger partial charge in [-0.2, -0.15) is 0 Å². The van der Waals surface area contributed by atoms with Crippen molar-refractivity contribution in [2.75, 3.05) is 6.54 Å². The first-order valence-electron chi connectivity index (χ1n) is 11.1. The van der Waals surface area contributed by atoms with Crippen molar-refractivity contribution in [3.05, 3.63) is 53.4 Å². The van der Waals surface area contributed by atoms with Gasteiger partial charge in [-0.3, -0.25) is 9.59 Å². The summed E-state index contributed by atoms with van der Waals surface area (Å²) in [4.78, 5) is 37.4. The summed E-state index contributed by atoms with van der Waals surface area (Å²) in [5.74, 6) is -0.768. The average Bonchev–Trinajstić information content (AvgIpc) is 3.45. The van der Waals surface area contributed by atoms with Gasteiger partial charge >= 0.3 is 0 Å². The molecule has 9 heteroatoms. The number of amides is 2. The summed E-state index contributed by atoms with van der Waals surface area (Å²) >= 11 is 1.61.